The lowest BCUT2D eigenvalue weighted by molar-refractivity contribution is 0.735. The van der Waals surface area contributed by atoms with Crippen LogP contribution in [0.4, 0.5) is 11.5 Å². The van der Waals surface area contributed by atoms with Gasteiger partial charge in [0.25, 0.3) is 0 Å². The molecule has 0 amide bonds. The molecule has 0 aromatic carbocycles. The van der Waals surface area contributed by atoms with E-state index in [1.165, 1.54) is 4.88 Å². The van der Waals surface area contributed by atoms with Crippen molar-refractivity contribution < 1.29 is 0 Å². The van der Waals surface area contributed by atoms with Crippen LogP contribution in [-0.2, 0) is 20.0 Å². The Morgan fingerprint density at radius 3 is 3.00 bits per heavy atom. The van der Waals surface area contributed by atoms with E-state index in [9.17, 15) is 0 Å². The van der Waals surface area contributed by atoms with Crippen molar-refractivity contribution in [3.63, 3.8) is 0 Å². The number of hydrogen-bond acceptors (Lipinski definition) is 5. The van der Waals surface area contributed by atoms with Gasteiger partial charge in [-0.1, -0.05) is 13.3 Å². The standard InChI is InChI=1S/C11H17N5S/c1-3-4-9-10(12)11(16(2)15-9)14-6-8-5-13-7-17-8/h5,7,14H,3-4,6,12H2,1-2H3. The SMILES string of the molecule is CCCc1nn(C)c(NCc2cncs2)c1N. The normalized spacial score (nSPS) is 10.7. The van der Waals surface area contributed by atoms with Gasteiger partial charge in [-0.3, -0.25) is 9.67 Å². The predicted octanol–water partition coefficient (Wildman–Crippen LogP) is 2.02. The summed E-state index contributed by atoms with van der Waals surface area (Å²) in [4.78, 5) is 5.22. The number of thiazole rings is 1. The summed E-state index contributed by atoms with van der Waals surface area (Å²) >= 11 is 1.63. The maximum absolute atomic E-state index is 6.07. The molecule has 0 saturated heterocycles. The van der Waals surface area contributed by atoms with E-state index < -0.39 is 0 Å². The molecule has 0 fully saturated rings. The second-order valence-electron chi connectivity index (χ2n) is 3.90. The van der Waals surface area contributed by atoms with E-state index in [1.807, 2.05) is 18.8 Å². The minimum absolute atomic E-state index is 0.736. The highest BCUT2D eigenvalue weighted by molar-refractivity contribution is 7.09. The van der Waals surface area contributed by atoms with Crippen molar-refractivity contribution >= 4 is 22.8 Å². The molecule has 3 N–H and O–H groups in total. The Kier molecular flexibility index (Phi) is 3.63. The van der Waals surface area contributed by atoms with Gasteiger partial charge in [-0.05, 0) is 6.42 Å². The second-order valence-corrected chi connectivity index (χ2v) is 4.87. The molecule has 2 aromatic rings. The van der Waals surface area contributed by atoms with Gasteiger partial charge in [0.2, 0.25) is 0 Å². The maximum Gasteiger partial charge on any atom is 0.148 e. The van der Waals surface area contributed by atoms with E-state index in [4.69, 9.17) is 5.73 Å². The number of rotatable bonds is 5. The van der Waals surface area contributed by atoms with Crippen LogP contribution in [0.25, 0.3) is 0 Å². The number of anilines is 2. The highest BCUT2D eigenvalue weighted by Crippen LogP contribution is 2.23. The van der Waals surface area contributed by atoms with Crippen LogP contribution in [-0.4, -0.2) is 14.8 Å². The van der Waals surface area contributed by atoms with E-state index in [1.54, 1.807) is 16.0 Å². The fourth-order valence-electron chi connectivity index (χ4n) is 1.73. The molecule has 92 valence electrons. The van der Waals surface area contributed by atoms with Gasteiger partial charge in [-0.2, -0.15) is 5.10 Å². The fraction of sp³-hybridized carbons (Fsp3) is 0.455. The molecule has 0 radical (unpaired) electrons. The Morgan fingerprint density at radius 2 is 2.35 bits per heavy atom. The van der Waals surface area contributed by atoms with Crippen molar-refractivity contribution in [3.05, 3.63) is 22.3 Å². The van der Waals surface area contributed by atoms with Crippen molar-refractivity contribution in [1.29, 1.82) is 0 Å². The van der Waals surface area contributed by atoms with Crippen LogP contribution in [0.3, 0.4) is 0 Å². The number of nitrogen functional groups attached to an aromatic ring is 1. The summed E-state index contributed by atoms with van der Waals surface area (Å²) < 4.78 is 1.81. The minimum Gasteiger partial charge on any atom is -0.394 e. The molecule has 0 spiro atoms. The summed E-state index contributed by atoms with van der Waals surface area (Å²) in [6.07, 6.45) is 3.83. The molecule has 2 rings (SSSR count). The summed E-state index contributed by atoms with van der Waals surface area (Å²) in [7, 11) is 1.91. The molecule has 0 atom stereocenters. The van der Waals surface area contributed by atoms with Crippen molar-refractivity contribution in [3.8, 4) is 0 Å². The smallest absolute Gasteiger partial charge is 0.148 e. The molecule has 0 saturated carbocycles. The summed E-state index contributed by atoms with van der Waals surface area (Å²) in [5, 5.41) is 7.73. The average molecular weight is 251 g/mol. The number of hydrogen-bond donors (Lipinski definition) is 2. The zero-order valence-electron chi connectivity index (χ0n) is 10.1. The first-order valence-corrected chi connectivity index (χ1v) is 6.53. The monoisotopic (exact) mass is 251 g/mol. The van der Waals surface area contributed by atoms with Gasteiger partial charge in [0, 0.05) is 18.1 Å². The van der Waals surface area contributed by atoms with Crippen LogP contribution < -0.4 is 11.1 Å². The number of nitrogens with one attached hydrogen (secondary N) is 1. The summed E-state index contributed by atoms with van der Waals surface area (Å²) in [5.41, 5.74) is 9.63. The minimum atomic E-state index is 0.736. The highest BCUT2D eigenvalue weighted by Gasteiger charge is 2.12. The first-order valence-electron chi connectivity index (χ1n) is 5.65. The van der Waals surface area contributed by atoms with E-state index >= 15 is 0 Å². The Labute approximate surface area is 105 Å². The van der Waals surface area contributed by atoms with E-state index in [2.05, 4.69) is 22.3 Å². The molecule has 2 aromatic heterocycles. The number of aromatic nitrogens is 3. The average Bonchev–Trinajstić information content (AvgIpc) is 2.88. The van der Waals surface area contributed by atoms with Gasteiger partial charge in [0.15, 0.2) is 0 Å². The van der Waals surface area contributed by atoms with Crippen molar-refractivity contribution in [2.24, 2.45) is 7.05 Å². The van der Waals surface area contributed by atoms with E-state index in [0.29, 0.717) is 0 Å². The molecule has 5 nitrogen and oxygen atoms in total. The fourth-order valence-corrected chi connectivity index (χ4v) is 2.26. The lowest BCUT2D eigenvalue weighted by Crippen LogP contribution is -2.05. The Bertz CT molecular complexity index is 474. The van der Waals surface area contributed by atoms with Gasteiger partial charge >= 0.3 is 0 Å². The molecule has 0 aliphatic rings. The quantitative estimate of drug-likeness (QED) is 0.853. The van der Waals surface area contributed by atoms with Crippen LogP contribution in [0.2, 0.25) is 0 Å². The van der Waals surface area contributed by atoms with Gasteiger partial charge in [-0.15, -0.1) is 11.3 Å². The molecule has 2 heterocycles. The Morgan fingerprint density at radius 1 is 1.53 bits per heavy atom. The maximum atomic E-state index is 6.07. The topological polar surface area (TPSA) is 68.8 Å². The summed E-state index contributed by atoms with van der Waals surface area (Å²) in [5.74, 6) is 0.891. The lowest BCUT2D eigenvalue weighted by Gasteiger charge is -2.05. The van der Waals surface area contributed by atoms with Gasteiger partial charge < -0.3 is 11.1 Å². The number of nitrogens with two attached hydrogens (primary N) is 1. The first-order chi connectivity index (χ1) is 8.22. The Hall–Kier alpha value is -1.56. The molecule has 0 aliphatic heterocycles. The molecular formula is C11H17N5S. The van der Waals surface area contributed by atoms with Crippen molar-refractivity contribution in [1.82, 2.24) is 14.8 Å². The zero-order valence-corrected chi connectivity index (χ0v) is 10.9. The third-order valence-corrected chi connectivity index (χ3v) is 3.34. The van der Waals surface area contributed by atoms with Crippen LogP contribution in [0.5, 0.6) is 0 Å². The molecule has 6 heteroatoms. The summed E-state index contributed by atoms with van der Waals surface area (Å²) in [6, 6.07) is 0. The van der Waals surface area contributed by atoms with Crippen LogP contribution in [0, 0.1) is 0 Å². The largest absolute Gasteiger partial charge is 0.394 e. The second kappa shape index (κ2) is 5.18. The van der Waals surface area contributed by atoms with E-state index in [-0.39, 0.29) is 0 Å². The third kappa shape index (κ3) is 2.58. The zero-order chi connectivity index (χ0) is 12.3. The lowest BCUT2D eigenvalue weighted by atomic mass is 10.2. The molecular weight excluding hydrogens is 234 g/mol. The number of aryl methyl sites for hydroxylation is 2. The van der Waals surface area contributed by atoms with Gasteiger partial charge in [0.05, 0.1) is 23.4 Å². The van der Waals surface area contributed by atoms with Crippen molar-refractivity contribution in [2.75, 3.05) is 11.1 Å². The van der Waals surface area contributed by atoms with Crippen LogP contribution in [0.15, 0.2) is 11.7 Å². The van der Waals surface area contributed by atoms with Crippen LogP contribution in [0.1, 0.15) is 23.9 Å². The molecule has 17 heavy (non-hydrogen) atoms. The third-order valence-electron chi connectivity index (χ3n) is 2.56. The molecule has 0 bridgehead atoms. The van der Waals surface area contributed by atoms with Gasteiger partial charge in [0.1, 0.15) is 5.82 Å². The molecule has 0 aliphatic carbocycles. The van der Waals surface area contributed by atoms with E-state index in [0.717, 1.165) is 36.6 Å². The van der Waals surface area contributed by atoms with Crippen molar-refractivity contribution in [2.45, 2.75) is 26.3 Å². The Balaban J connectivity index is 2.10. The number of nitrogens with zero attached hydrogens (tertiary/aromatic N) is 3. The summed E-state index contributed by atoms with van der Waals surface area (Å²) in [6.45, 7) is 2.86. The molecule has 0 unspecified atom stereocenters. The predicted molar refractivity (Wildman–Crippen MR) is 71.1 cm³/mol. The van der Waals surface area contributed by atoms with Gasteiger partial charge in [-0.25, -0.2) is 0 Å². The van der Waals surface area contributed by atoms with Crippen LogP contribution >= 0.6 is 11.3 Å². The first kappa shape index (κ1) is 11.9. The highest BCUT2D eigenvalue weighted by atomic mass is 32.1.